The molecule has 0 saturated heterocycles. The number of carbonyl (C=O) groups is 2. The van der Waals surface area contributed by atoms with Crippen molar-refractivity contribution in [2.45, 2.75) is 6.92 Å². The molecule has 2 aromatic rings. The molecule has 0 saturated carbocycles. The quantitative estimate of drug-likeness (QED) is 0.868. The summed E-state index contributed by atoms with van der Waals surface area (Å²) >= 11 is 0. The fraction of sp³-hybridized carbons (Fsp3) is 0.143. The van der Waals surface area contributed by atoms with Crippen LogP contribution in [0.3, 0.4) is 0 Å². The summed E-state index contributed by atoms with van der Waals surface area (Å²) in [5.41, 5.74) is 0.149. The highest BCUT2D eigenvalue weighted by Crippen LogP contribution is 2.22. The van der Waals surface area contributed by atoms with Crippen molar-refractivity contribution in [2.75, 3.05) is 5.75 Å². The lowest BCUT2D eigenvalue weighted by molar-refractivity contribution is 0.0695. The number of hydrogen-bond donors (Lipinski definition) is 1. The van der Waals surface area contributed by atoms with Crippen LogP contribution in [-0.4, -0.2) is 31.2 Å². The van der Waals surface area contributed by atoms with Gasteiger partial charge in [-0.3, -0.25) is 0 Å². The molecule has 2 aromatic carbocycles. The zero-order chi connectivity index (χ0) is 15.6. The smallest absolute Gasteiger partial charge is 0.354 e. The molecule has 0 bridgehead atoms. The first kappa shape index (κ1) is 15.0. The molecule has 0 aliphatic heterocycles. The van der Waals surface area contributed by atoms with E-state index >= 15 is 0 Å². The number of carbonyl (C=O) groups excluding carboxylic acids is 1. The second kappa shape index (κ2) is 5.53. The Kier molecular flexibility index (Phi) is 3.95. The summed E-state index contributed by atoms with van der Waals surface area (Å²) in [6.45, 7) is 1.37. The third kappa shape index (κ3) is 3.19. The van der Waals surface area contributed by atoms with Gasteiger partial charge in [0.1, 0.15) is 0 Å². The summed E-state index contributed by atoms with van der Waals surface area (Å²) in [6, 6.07) is 8.79. The van der Waals surface area contributed by atoms with Crippen molar-refractivity contribution >= 4 is 32.8 Å². The summed E-state index contributed by atoms with van der Waals surface area (Å²) in [6.07, 6.45) is 0. The van der Waals surface area contributed by atoms with Gasteiger partial charge in [-0.2, -0.15) is 8.42 Å². The molecule has 0 fully saturated rings. The highest BCUT2D eigenvalue weighted by atomic mass is 32.2. The summed E-state index contributed by atoms with van der Waals surface area (Å²) in [5.74, 6) is -2.38. The third-order valence-corrected chi connectivity index (χ3v) is 4.02. The monoisotopic (exact) mass is 308 g/mol. The highest BCUT2D eigenvalue weighted by molar-refractivity contribution is 7.87. The van der Waals surface area contributed by atoms with Gasteiger partial charge < -0.3 is 9.29 Å². The van der Waals surface area contributed by atoms with Crippen LogP contribution in [0.5, 0.6) is 0 Å². The van der Waals surface area contributed by atoms with Crippen molar-refractivity contribution in [3.8, 4) is 0 Å². The zero-order valence-electron chi connectivity index (χ0n) is 11.1. The Morgan fingerprint density at radius 2 is 1.90 bits per heavy atom. The molecule has 0 amide bonds. The molecule has 0 atom stereocenters. The van der Waals surface area contributed by atoms with E-state index in [0.717, 1.165) is 0 Å². The molecule has 6 nitrogen and oxygen atoms in total. The Hall–Kier alpha value is -2.41. The lowest BCUT2D eigenvalue weighted by Gasteiger charge is -2.07. The number of carboxylic acids is 1. The molecule has 0 heterocycles. The summed E-state index contributed by atoms with van der Waals surface area (Å²) in [4.78, 5) is 22.9. The van der Waals surface area contributed by atoms with E-state index in [9.17, 15) is 18.0 Å². The minimum absolute atomic E-state index is 0.0708. The topological polar surface area (TPSA) is 97.7 Å². The summed E-state index contributed by atoms with van der Waals surface area (Å²) in [5, 5.41) is 9.88. The van der Waals surface area contributed by atoms with Gasteiger partial charge in [-0.05, 0) is 35.9 Å². The van der Waals surface area contributed by atoms with Crippen molar-refractivity contribution in [2.24, 2.45) is 0 Å². The van der Waals surface area contributed by atoms with E-state index in [-0.39, 0.29) is 16.9 Å². The van der Waals surface area contributed by atoms with E-state index in [1.807, 2.05) is 0 Å². The fourth-order valence-electron chi connectivity index (χ4n) is 1.81. The van der Waals surface area contributed by atoms with Crippen LogP contribution in [0.1, 0.15) is 27.6 Å². The van der Waals surface area contributed by atoms with Gasteiger partial charge in [-0.15, -0.1) is 0 Å². The molecule has 0 aromatic heterocycles. The molecular weight excluding hydrogens is 296 g/mol. The minimum atomic E-state index is -3.90. The Morgan fingerprint density at radius 1 is 1.19 bits per heavy atom. The van der Waals surface area contributed by atoms with Gasteiger partial charge in [-0.1, -0.05) is 18.2 Å². The first-order chi connectivity index (χ1) is 9.84. The molecule has 0 unspecified atom stereocenters. The van der Waals surface area contributed by atoms with Gasteiger partial charge in [0.2, 0.25) is 0 Å². The van der Waals surface area contributed by atoms with Crippen molar-refractivity contribution in [1.29, 1.82) is 0 Å². The molecule has 7 heteroatoms. The van der Waals surface area contributed by atoms with Crippen LogP contribution in [0.2, 0.25) is 0 Å². The number of benzene rings is 2. The number of hydrogen-bond acceptors (Lipinski definition) is 5. The second-order valence-corrected chi connectivity index (χ2v) is 6.12. The predicted molar refractivity (Wildman–Crippen MR) is 75.8 cm³/mol. The third-order valence-electron chi connectivity index (χ3n) is 2.90. The van der Waals surface area contributed by atoms with E-state index in [1.165, 1.54) is 37.3 Å². The van der Waals surface area contributed by atoms with Crippen molar-refractivity contribution in [3.05, 3.63) is 47.5 Å². The number of rotatable bonds is 4. The predicted octanol–water partition coefficient (Wildman–Crippen LogP) is 2.04. The van der Waals surface area contributed by atoms with Gasteiger partial charge in [0.25, 0.3) is 0 Å². The average Bonchev–Trinajstić information content (AvgIpc) is 2.45. The van der Waals surface area contributed by atoms with Gasteiger partial charge in [-0.25, -0.2) is 9.59 Å². The van der Waals surface area contributed by atoms with Gasteiger partial charge in [0.05, 0.1) is 16.9 Å². The standard InChI is InChI=1S/C14H12O6S/c1-2-21(18,19)20-14(17)12-5-3-4-9-8-10(13(15)16)6-7-11(9)12/h3-8H,2H2,1H3,(H,15,16). The normalized spacial score (nSPS) is 11.3. The van der Waals surface area contributed by atoms with Crippen molar-refractivity contribution < 1.29 is 27.3 Å². The van der Waals surface area contributed by atoms with Crippen molar-refractivity contribution in [3.63, 3.8) is 0 Å². The molecule has 21 heavy (non-hydrogen) atoms. The van der Waals surface area contributed by atoms with E-state index in [0.29, 0.717) is 10.8 Å². The van der Waals surface area contributed by atoms with E-state index in [2.05, 4.69) is 4.18 Å². The number of fused-ring (bicyclic) bond motifs is 1. The number of aromatic carboxylic acids is 1. The second-order valence-electron chi connectivity index (χ2n) is 4.26. The largest absolute Gasteiger partial charge is 0.478 e. The Morgan fingerprint density at radius 3 is 2.52 bits per heavy atom. The average molecular weight is 308 g/mol. The van der Waals surface area contributed by atoms with Crippen LogP contribution in [0.4, 0.5) is 0 Å². The molecule has 0 spiro atoms. The maximum atomic E-state index is 11.9. The van der Waals surface area contributed by atoms with Gasteiger partial charge in [0, 0.05) is 0 Å². The molecule has 2 rings (SSSR count). The summed E-state index contributed by atoms with van der Waals surface area (Å²) in [7, 11) is -3.90. The Bertz CT molecular complexity index is 822. The maximum Gasteiger partial charge on any atom is 0.354 e. The Labute approximate surface area is 121 Å². The maximum absolute atomic E-state index is 11.9. The molecule has 0 radical (unpaired) electrons. The van der Waals surface area contributed by atoms with Crippen LogP contribution in [0.25, 0.3) is 10.8 Å². The molecule has 0 aliphatic carbocycles. The van der Waals surface area contributed by atoms with Crippen LogP contribution in [0.15, 0.2) is 36.4 Å². The molecule has 110 valence electrons. The number of carboxylic acid groups (broad SMARTS) is 1. The van der Waals surface area contributed by atoms with Crippen LogP contribution in [-0.2, 0) is 14.3 Å². The summed E-state index contributed by atoms with van der Waals surface area (Å²) < 4.78 is 27.2. The van der Waals surface area contributed by atoms with E-state index < -0.39 is 22.1 Å². The Balaban J connectivity index is 2.50. The van der Waals surface area contributed by atoms with Crippen LogP contribution in [0, 0.1) is 0 Å². The lowest BCUT2D eigenvalue weighted by Crippen LogP contribution is -2.15. The SMILES string of the molecule is CCS(=O)(=O)OC(=O)c1cccc2cc(C(=O)O)ccc12. The molecule has 0 aliphatic rings. The first-order valence-corrected chi connectivity index (χ1v) is 7.64. The van der Waals surface area contributed by atoms with Crippen LogP contribution >= 0.6 is 0 Å². The molecular formula is C14H12O6S. The minimum Gasteiger partial charge on any atom is -0.478 e. The van der Waals surface area contributed by atoms with Crippen LogP contribution < -0.4 is 0 Å². The van der Waals surface area contributed by atoms with Crippen molar-refractivity contribution in [1.82, 2.24) is 0 Å². The van der Waals surface area contributed by atoms with E-state index in [1.54, 1.807) is 6.07 Å². The fourth-order valence-corrected chi connectivity index (χ4v) is 2.25. The highest BCUT2D eigenvalue weighted by Gasteiger charge is 2.19. The lowest BCUT2D eigenvalue weighted by atomic mass is 10.0. The van der Waals surface area contributed by atoms with E-state index in [4.69, 9.17) is 5.11 Å². The zero-order valence-corrected chi connectivity index (χ0v) is 11.9. The van der Waals surface area contributed by atoms with Gasteiger partial charge in [0.15, 0.2) is 0 Å². The molecule has 1 N–H and O–H groups in total. The van der Waals surface area contributed by atoms with Gasteiger partial charge >= 0.3 is 22.1 Å². The first-order valence-electron chi connectivity index (χ1n) is 6.06.